The maximum atomic E-state index is 4.41. The lowest BCUT2D eigenvalue weighted by Gasteiger charge is -2.28. The number of aromatic nitrogens is 1. The van der Waals surface area contributed by atoms with Crippen LogP contribution >= 0.6 is 0 Å². The summed E-state index contributed by atoms with van der Waals surface area (Å²) in [6, 6.07) is 7.56. The molecule has 1 N–H and O–H groups in total. The Morgan fingerprint density at radius 1 is 1.44 bits per heavy atom. The Balaban J connectivity index is 1.83. The predicted octanol–water partition coefficient (Wildman–Crippen LogP) is 2.43. The second kappa shape index (κ2) is 6.86. The second-order valence-electron chi connectivity index (χ2n) is 5.36. The van der Waals surface area contributed by atoms with Crippen LogP contribution in [0.1, 0.15) is 38.3 Å². The van der Waals surface area contributed by atoms with Crippen molar-refractivity contribution in [3.8, 4) is 0 Å². The number of nitrogens with zero attached hydrogens (tertiary/aromatic N) is 2. The third-order valence-corrected chi connectivity index (χ3v) is 3.60. The molecule has 3 heteroatoms. The van der Waals surface area contributed by atoms with Gasteiger partial charge >= 0.3 is 0 Å². The van der Waals surface area contributed by atoms with E-state index in [9.17, 15) is 0 Å². The largest absolute Gasteiger partial charge is 0.312 e. The molecule has 1 fully saturated rings. The van der Waals surface area contributed by atoms with Crippen LogP contribution in [0.15, 0.2) is 24.4 Å². The van der Waals surface area contributed by atoms with E-state index >= 15 is 0 Å². The third-order valence-electron chi connectivity index (χ3n) is 3.60. The zero-order chi connectivity index (χ0) is 12.8. The number of rotatable bonds is 8. The number of nitrogens with one attached hydrogen (secondary N) is 1. The van der Waals surface area contributed by atoms with Crippen LogP contribution in [0, 0.1) is 0 Å². The summed E-state index contributed by atoms with van der Waals surface area (Å²) in [4.78, 5) is 6.84. The Kier molecular flexibility index (Phi) is 5.14. The van der Waals surface area contributed by atoms with Crippen molar-refractivity contribution < 1.29 is 0 Å². The Labute approximate surface area is 111 Å². The van der Waals surface area contributed by atoms with E-state index < -0.39 is 0 Å². The molecule has 1 aromatic rings. The molecule has 0 aromatic carbocycles. The van der Waals surface area contributed by atoms with Crippen LogP contribution in [-0.4, -0.2) is 35.6 Å². The molecule has 1 aliphatic carbocycles. The van der Waals surface area contributed by atoms with E-state index in [0.29, 0.717) is 6.04 Å². The molecule has 1 heterocycles. The van der Waals surface area contributed by atoms with Gasteiger partial charge in [-0.25, -0.2) is 0 Å². The monoisotopic (exact) mass is 247 g/mol. The van der Waals surface area contributed by atoms with Gasteiger partial charge in [-0.1, -0.05) is 19.4 Å². The molecule has 1 atom stereocenters. The quantitative estimate of drug-likeness (QED) is 0.765. The molecule has 1 saturated carbocycles. The molecule has 100 valence electrons. The van der Waals surface area contributed by atoms with Gasteiger partial charge in [0.15, 0.2) is 0 Å². The Morgan fingerprint density at radius 3 is 2.89 bits per heavy atom. The van der Waals surface area contributed by atoms with Crippen molar-refractivity contribution in [2.45, 2.75) is 51.2 Å². The van der Waals surface area contributed by atoms with Gasteiger partial charge in [0.05, 0.1) is 5.69 Å². The van der Waals surface area contributed by atoms with E-state index in [1.165, 1.54) is 25.7 Å². The fourth-order valence-corrected chi connectivity index (χ4v) is 2.28. The third kappa shape index (κ3) is 4.39. The zero-order valence-corrected chi connectivity index (χ0v) is 11.6. The van der Waals surface area contributed by atoms with Gasteiger partial charge in [0.2, 0.25) is 0 Å². The normalized spacial score (nSPS) is 17.1. The minimum Gasteiger partial charge on any atom is -0.312 e. The summed E-state index contributed by atoms with van der Waals surface area (Å²) in [6.07, 6.45) is 7.10. The summed E-state index contributed by atoms with van der Waals surface area (Å²) in [6.45, 7) is 4.32. The van der Waals surface area contributed by atoms with Crippen molar-refractivity contribution in [3.63, 3.8) is 0 Å². The molecule has 18 heavy (non-hydrogen) atoms. The van der Waals surface area contributed by atoms with Gasteiger partial charge < -0.3 is 5.32 Å². The Bertz CT molecular complexity index is 335. The van der Waals surface area contributed by atoms with Crippen molar-refractivity contribution >= 4 is 0 Å². The number of pyridine rings is 1. The fourth-order valence-electron chi connectivity index (χ4n) is 2.28. The van der Waals surface area contributed by atoms with Gasteiger partial charge in [0.1, 0.15) is 0 Å². The maximum absolute atomic E-state index is 4.41. The first-order valence-electron chi connectivity index (χ1n) is 7.13. The highest BCUT2D eigenvalue weighted by atomic mass is 15.2. The number of likely N-dealkylation sites (N-methyl/N-ethyl adjacent to an activating group) is 1. The van der Waals surface area contributed by atoms with Crippen molar-refractivity contribution in [2.75, 3.05) is 13.6 Å². The molecule has 1 aromatic heterocycles. The van der Waals surface area contributed by atoms with Crippen molar-refractivity contribution in [3.05, 3.63) is 30.1 Å². The second-order valence-corrected chi connectivity index (χ2v) is 5.36. The van der Waals surface area contributed by atoms with Crippen molar-refractivity contribution in [1.82, 2.24) is 15.2 Å². The van der Waals surface area contributed by atoms with Crippen LogP contribution in [0.25, 0.3) is 0 Å². The summed E-state index contributed by atoms with van der Waals surface area (Å²) in [5.41, 5.74) is 1.16. The zero-order valence-electron chi connectivity index (χ0n) is 11.6. The van der Waals surface area contributed by atoms with Gasteiger partial charge in [0.25, 0.3) is 0 Å². The smallest absolute Gasteiger partial charge is 0.0543 e. The van der Waals surface area contributed by atoms with Crippen LogP contribution < -0.4 is 5.32 Å². The van der Waals surface area contributed by atoms with Gasteiger partial charge in [-0.15, -0.1) is 0 Å². The van der Waals surface area contributed by atoms with E-state index in [1.54, 1.807) is 0 Å². The summed E-state index contributed by atoms with van der Waals surface area (Å²) < 4.78 is 0. The summed E-state index contributed by atoms with van der Waals surface area (Å²) >= 11 is 0. The van der Waals surface area contributed by atoms with Crippen molar-refractivity contribution in [1.29, 1.82) is 0 Å². The van der Waals surface area contributed by atoms with E-state index in [2.05, 4.69) is 41.3 Å². The van der Waals surface area contributed by atoms with Gasteiger partial charge in [-0.3, -0.25) is 9.88 Å². The van der Waals surface area contributed by atoms with Crippen LogP contribution in [-0.2, 0) is 6.54 Å². The first-order valence-corrected chi connectivity index (χ1v) is 7.13. The standard InChI is InChI=1S/C15H25N3/c1-3-6-15(11-17-13-8-9-13)18(2)12-14-7-4-5-10-16-14/h4-5,7,10,13,15,17H,3,6,8-9,11-12H2,1-2H3. The summed E-state index contributed by atoms with van der Waals surface area (Å²) in [5.74, 6) is 0. The fraction of sp³-hybridized carbons (Fsp3) is 0.667. The minimum atomic E-state index is 0.623. The van der Waals surface area contributed by atoms with Crippen molar-refractivity contribution in [2.24, 2.45) is 0 Å². The molecule has 0 amide bonds. The Morgan fingerprint density at radius 2 is 2.28 bits per heavy atom. The molecule has 0 saturated heterocycles. The molecule has 2 rings (SSSR count). The van der Waals surface area contributed by atoms with Gasteiger partial charge in [-0.2, -0.15) is 0 Å². The lowest BCUT2D eigenvalue weighted by molar-refractivity contribution is 0.212. The molecule has 1 aliphatic rings. The van der Waals surface area contributed by atoms with E-state index in [-0.39, 0.29) is 0 Å². The molecular weight excluding hydrogens is 222 g/mol. The van der Waals surface area contributed by atoms with Crippen LogP contribution in [0.3, 0.4) is 0 Å². The van der Waals surface area contributed by atoms with Crippen LogP contribution in [0.2, 0.25) is 0 Å². The molecule has 0 radical (unpaired) electrons. The molecular formula is C15H25N3. The lowest BCUT2D eigenvalue weighted by atomic mass is 10.1. The predicted molar refractivity (Wildman–Crippen MR) is 75.4 cm³/mol. The first kappa shape index (κ1) is 13.5. The maximum Gasteiger partial charge on any atom is 0.0543 e. The molecule has 0 spiro atoms. The lowest BCUT2D eigenvalue weighted by Crippen LogP contribution is -2.40. The van der Waals surface area contributed by atoms with Crippen LogP contribution in [0.4, 0.5) is 0 Å². The van der Waals surface area contributed by atoms with E-state index in [0.717, 1.165) is 24.8 Å². The summed E-state index contributed by atoms with van der Waals surface area (Å²) in [7, 11) is 2.21. The molecule has 3 nitrogen and oxygen atoms in total. The summed E-state index contributed by atoms with van der Waals surface area (Å²) in [5, 5.41) is 3.65. The molecule has 0 aliphatic heterocycles. The van der Waals surface area contributed by atoms with Crippen LogP contribution in [0.5, 0.6) is 0 Å². The highest BCUT2D eigenvalue weighted by Gasteiger charge is 2.23. The SMILES string of the molecule is CCCC(CNC1CC1)N(C)Cc1ccccn1. The topological polar surface area (TPSA) is 28.2 Å². The average molecular weight is 247 g/mol. The number of hydrogen-bond acceptors (Lipinski definition) is 3. The van der Waals surface area contributed by atoms with Gasteiger partial charge in [-0.05, 0) is 38.4 Å². The Hall–Kier alpha value is -0.930. The molecule has 0 bridgehead atoms. The van der Waals surface area contributed by atoms with E-state index in [4.69, 9.17) is 0 Å². The first-order chi connectivity index (χ1) is 8.79. The molecule has 1 unspecified atom stereocenters. The average Bonchev–Trinajstić information content (AvgIpc) is 3.19. The minimum absolute atomic E-state index is 0.623. The highest BCUT2D eigenvalue weighted by molar-refractivity contribution is 5.03. The number of hydrogen-bond donors (Lipinski definition) is 1. The van der Waals surface area contributed by atoms with E-state index in [1.807, 2.05) is 12.3 Å². The highest BCUT2D eigenvalue weighted by Crippen LogP contribution is 2.19. The van der Waals surface area contributed by atoms with Gasteiger partial charge in [0, 0.05) is 31.4 Å².